The van der Waals surface area contributed by atoms with Crippen LogP contribution in [0.3, 0.4) is 0 Å². The molecule has 0 spiro atoms. The molecule has 6 nitrogen and oxygen atoms in total. The molecule has 0 aromatic heterocycles. The van der Waals surface area contributed by atoms with Crippen molar-refractivity contribution in [1.82, 2.24) is 0 Å². The van der Waals surface area contributed by atoms with Crippen LogP contribution in [0.5, 0.6) is 0 Å². The van der Waals surface area contributed by atoms with Gasteiger partial charge in [0.2, 0.25) is 5.91 Å². The molecule has 2 atom stereocenters. The molecule has 0 radical (unpaired) electrons. The SMILES string of the molecule is CCCC(CCC)C(=O)OC1CC2CCC(C1)[N+]2(C)C.CN1C(=O)CN=C(c2ccccc2)c2cc(Cl)ccc21.[Br-]. The predicted molar refractivity (Wildman–Crippen MR) is 163 cm³/mol. The van der Waals surface area contributed by atoms with Gasteiger partial charge in [-0.3, -0.25) is 14.6 Å². The third-order valence-electron chi connectivity index (χ3n) is 9.04. The molecule has 41 heavy (non-hydrogen) atoms. The smallest absolute Gasteiger partial charge is 0.309 e. The molecule has 2 fully saturated rings. The van der Waals surface area contributed by atoms with Gasteiger partial charge in [-0.25, -0.2) is 0 Å². The van der Waals surface area contributed by atoms with Crippen LogP contribution in [0.1, 0.15) is 76.3 Å². The molecule has 0 aliphatic carbocycles. The number of benzene rings is 2. The highest BCUT2D eigenvalue weighted by atomic mass is 79.9. The standard InChI is InChI=1S/C17H32NO2.C16H13ClN2O.BrH/c1-5-7-13(8-6-2)17(19)20-16-11-14-9-10-15(12-16)18(14,3)4;1-19-14-8-7-12(17)9-13(14)16(18-10-15(19)20)11-5-3-2-4-6-11;/h13-16H,5-12H2,1-4H3;2-9H,10H2,1H3;1H/q+1;;/p-1. The van der Waals surface area contributed by atoms with Crippen molar-refractivity contribution in [2.45, 2.75) is 83.4 Å². The van der Waals surface area contributed by atoms with Crippen LogP contribution in [0, 0.1) is 5.92 Å². The number of amides is 1. The molecule has 2 bridgehead atoms. The van der Waals surface area contributed by atoms with E-state index in [1.807, 2.05) is 42.5 Å². The number of halogens is 2. The molecule has 2 unspecified atom stereocenters. The molecule has 2 aromatic carbocycles. The first-order valence-corrected chi connectivity index (χ1v) is 15.2. The summed E-state index contributed by atoms with van der Waals surface area (Å²) in [6.45, 7) is 4.45. The van der Waals surface area contributed by atoms with Crippen LogP contribution in [0.2, 0.25) is 5.02 Å². The molecule has 3 aliphatic heterocycles. The summed E-state index contributed by atoms with van der Waals surface area (Å²) in [5.41, 5.74) is 3.51. The van der Waals surface area contributed by atoms with E-state index in [9.17, 15) is 9.59 Å². The van der Waals surface area contributed by atoms with Crippen LogP contribution >= 0.6 is 11.6 Å². The molecule has 3 heterocycles. The first-order chi connectivity index (χ1) is 19.1. The van der Waals surface area contributed by atoms with Crippen molar-refractivity contribution < 1.29 is 35.8 Å². The number of nitrogens with zero attached hydrogens (tertiary/aromatic N) is 3. The van der Waals surface area contributed by atoms with Gasteiger partial charge in [-0.1, -0.05) is 68.6 Å². The number of ether oxygens (including phenoxy) is 1. The first kappa shape index (κ1) is 33.3. The van der Waals surface area contributed by atoms with E-state index < -0.39 is 0 Å². The number of anilines is 1. The monoisotopic (exact) mass is 645 g/mol. The number of carbonyl (C=O) groups is 2. The Labute approximate surface area is 261 Å². The Hall–Kier alpha value is -2.22. The topological polar surface area (TPSA) is 59.0 Å². The Morgan fingerprint density at radius 1 is 1.05 bits per heavy atom. The number of likely N-dealkylation sites (N-methyl/N-ethyl adjacent to an activating group) is 1. The molecule has 0 saturated carbocycles. The van der Waals surface area contributed by atoms with Gasteiger partial charge in [0, 0.05) is 48.9 Å². The summed E-state index contributed by atoms with van der Waals surface area (Å²) in [7, 11) is 6.45. The van der Waals surface area contributed by atoms with Crippen molar-refractivity contribution in [3.05, 3.63) is 64.7 Å². The summed E-state index contributed by atoms with van der Waals surface area (Å²) in [5.74, 6) is 0.178. The fourth-order valence-electron chi connectivity index (χ4n) is 6.57. The quantitative estimate of drug-likeness (QED) is 0.341. The zero-order valence-electron chi connectivity index (χ0n) is 25.1. The summed E-state index contributed by atoms with van der Waals surface area (Å²) in [5, 5.41) is 0.634. The fourth-order valence-corrected chi connectivity index (χ4v) is 6.74. The minimum Gasteiger partial charge on any atom is -1.00 e. The van der Waals surface area contributed by atoms with Gasteiger partial charge in [0.15, 0.2) is 0 Å². The normalized spacial score (nSPS) is 22.5. The van der Waals surface area contributed by atoms with Crippen LogP contribution in [-0.4, -0.2) is 67.9 Å². The van der Waals surface area contributed by atoms with E-state index in [2.05, 4.69) is 32.9 Å². The molecular formula is C33H45BrClN3O3. The summed E-state index contributed by atoms with van der Waals surface area (Å²) in [4.78, 5) is 30.5. The lowest BCUT2D eigenvalue weighted by Gasteiger charge is -2.44. The second kappa shape index (κ2) is 14.8. The molecule has 5 rings (SSSR count). The van der Waals surface area contributed by atoms with E-state index in [-0.39, 0.29) is 47.4 Å². The van der Waals surface area contributed by atoms with Crippen molar-refractivity contribution in [2.75, 3.05) is 32.6 Å². The molecule has 3 aliphatic rings. The number of aliphatic imine (C=N–C) groups is 1. The van der Waals surface area contributed by atoms with E-state index in [4.69, 9.17) is 16.3 Å². The summed E-state index contributed by atoms with van der Waals surface area (Å²) in [6, 6.07) is 16.7. The average molecular weight is 647 g/mol. The lowest BCUT2D eigenvalue weighted by molar-refractivity contribution is -0.931. The number of quaternary nitrogens is 1. The lowest BCUT2D eigenvalue weighted by atomic mass is 9.96. The van der Waals surface area contributed by atoms with Crippen LogP contribution in [0.4, 0.5) is 5.69 Å². The highest BCUT2D eigenvalue weighted by Crippen LogP contribution is 2.40. The number of rotatable bonds is 7. The Bertz CT molecular complexity index is 1200. The maximum atomic E-state index is 12.4. The van der Waals surface area contributed by atoms with Crippen molar-refractivity contribution in [3.8, 4) is 0 Å². The molecule has 1 amide bonds. The highest BCUT2D eigenvalue weighted by Gasteiger charge is 2.50. The summed E-state index contributed by atoms with van der Waals surface area (Å²) >= 11 is 6.11. The second-order valence-electron chi connectivity index (χ2n) is 12.0. The second-order valence-corrected chi connectivity index (χ2v) is 12.4. The van der Waals surface area contributed by atoms with E-state index in [0.29, 0.717) is 17.1 Å². The van der Waals surface area contributed by atoms with E-state index in [1.165, 1.54) is 12.8 Å². The number of hydrogen-bond donors (Lipinski definition) is 0. The minimum absolute atomic E-state index is 0. The van der Waals surface area contributed by atoms with Crippen molar-refractivity contribution >= 4 is 34.9 Å². The molecule has 2 aromatic rings. The maximum Gasteiger partial charge on any atom is 0.309 e. The summed E-state index contributed by atoms with van der Waals surface area (Å²) in [6.07, 6.45) is 9.03. The van der Waals surface area contributed by atoms with E-state index in [0.717, 1.165) is 65.5 Å². The van der Waals surface area contributed by atoms with Gasteiger partial charge in [-0.05, 0) is 31.0 Å². The zero-order chi connectivity index (χ0) is 28.9. The fraction of sp³-hybridized carbons (Fsp3) is 0.545. The molecule has 0 N–H and O–H groups in total. The number of hydrogen-bond acceptors (Lipinski definition) is 4. The predicted octanol–water partition coefficient (Wildman–Crippen LogP) is 3.67. The van der Waals surface area contributed by atoms with E-state index in [1.54, 1.807) is 18.0 Å². The average Bonchev–Trinajstić information content (AvgIpc) is 3.07. The minimum atomic E-state index is -0.0282. The van der Waals surface area contributed by atoms with E-state index >= 15 is 0 Å². The molecule has 224 valence electrons. The number of fused-ring (bicyclic) bond motifs is 3. The first-order valence-electron chi connectivity index (χ1n) is 14.9. The van der Waals surface area contributed by atoms with Crippen molar-refractivity contribution in [2.24, 2.45) is 10.9 Å². The Balaban J connectivity index is 0.000000220. The summed E-state index contributed by atoms with van der Waals surface area (Å²) < 4.78 is 7.02. The van der Waals surface area contributed by atoms with Gasteiger partial charge >= 0.3 is 5.97 Å². The van der Waals surface area contributed by atoms with Crippen LogP contribution < -0.4 is 21.9 Å². The largest absolute Gasteiger partial charge is 1.00 e. The molecule has 8 heteroatoms. The van der Waals surface area contributed by atoms with Crippen LogP contribution in [-0.2, 0) is 14.3 Å². The molecular weight excluding hydrogens is 602 g/mol. The lowest BCUT2D eigenvalue weighted by Crippen LogP contribution is -3.00. The van der Waals surface area contributed by atoms with Gasteiger partial charge in [-0.2, -0.15) is 0 Å². The molecule has 2 saturated heterocycles. The maximum absolute atomic E-state index is 12.4. The highest BCUT2D eigenvalue weighted by molar-refractivity contribution is 6.32. The van der Waals surface area contributed by atoms with Gasteiger partial charge in [0.1, 0.15) is 12.6 Å². The van der Waals surface area contributed by atoms with Gasteiger partial charge in [0.25, 0.3) is 0 Å². The number of esters is 1. The zero-order valence-corrected chi connectivity index (χ0v) is 27.5. The number of piperidine rings is 1. The van der Waals surface area contributed by atoms with Crippen LogP contribution in [0.15, 0.2) is 53.5 Å². The third-order valence-corrected chi connectivity index (χ3v) is 9.28. The van der Waals surface area contributed by atoms with Gasteiger partial charge < -0.3 is 31.1 Å². The Morgan fingerprint density at radius 3 is 2.24 bits per heavy atom. The Morgan fingerprint density at radius 2 is 1.66 bits per heavy atom. The third kappa shape index (κ3) is 7.79. The number of carbonyl (C=O) groups excluding carboxylic acids is 2. The van der Waals surface area contributed by atoms with Crippen molar-refractivity contribution in [1.29, 1.82) is 0 Å². The van der Waals surface area contributed by atoms with Crippen molar-refractivity contribution in [3.63, 3.8) is 0 Å². The number of benzodiazepines with no additional fused rings is 1. The van der Waals surface area contributed by atoms with Gasteiger partial charge in [0.05, 0.1) is 43.5 Å². The van der Waals surface area contributed by atoms with Gasteiger partial charge in [-0.15, -0.1) is 0 Å². The van der Waals surface area contributed by atoms with Crippen LogP contribution in [0.25, 0.3) is 0 Å². The Kier molecular flexibility index (Phi) is 12.0.